The maximum absolute atomic E-state index is 13.1. The van der Waals surface area contributed by atoms with Crippen LogP contribution in [0.3, 0.4) is 0 Å². The third-order valence-electron chi connectivity index (χ3n) is 20.3. The fraction of sp³-hybridized carbons (Fsp3) is 0.894. The van der Waals surface area contributed by atoms with Gasteiger partial charge in [-0.15, -0.1) is 5.10 Å². The molecule has 0 amide bonds. The Balaban J connectivity index is 0.882. The van der Waals surface area contributed by atoms with Crippen LogP contribution in [0.4, 0.5) is 0 Å². The third kappa shape index (κ3) is 4.97. The zero-order valence-corrected chi connectivity index (χ0v) is 36.4. The van der Waals surface area contributed by atoms with Crippen molar-refractivity contribution in [3.63, 3.8) is 0 Å². The predicted molar refractivity (Wildman–Crippen MR) is 213 cm³/mol. The van der Waals surface area contributed by atoms with Gasteiger partial charge in [0.1, 0.15) is 0 Å². The van der Waals surface area contributed by atoms with Gasteiger partial charge in [-0.25, -0.2) is 14.5 Å². The lowest BCUT2D eigenvalue weighted by Gasteiger charge is -2.72. The highest BCUT2D eigenvalue weighted by molar-refractivity contribution is 5.76. The number of rotatable bonds is 6. The van der Waals surface area contributed by atoms with Gasteiger partial charge in [-0.3, -0.25) is 4.79 Å². The van der Waals surface area contributed by atoms with E-state index in [-0.39, 0.29) is 39.4 Å². The lowest BCUT2D eigenvalue weighted by Crippen LogP contribution is -2.70. The number of hydrogen-bond donors (Lipinski definition) is 1. The van der Waals surface area contributed by atoms with E-state index in [0.29, 0.717) is 48.7 Å². The number of fused-ring (bicyclic) bond motifs is 10. The van der Waals surface area contributed by atoms with E-state index in [1.807, 2.05) is 6.92 Å². The summed E-state index contributed by atoms with van der Waals surface area (Å²) in [5, 5.41) is 20.6. The van der Waals surface area contributed by atoms with E-state index in [0.717, 1.165) is 69.9 Å². The molecular formula is C47H71N3O7. The number of ether oxygens (including phenoxy) is 3. The number of carboxylic acids is 1. The molecule has 0 radical (unpaired) electrons. The smallest absolute Gasteiger partial charge is 0.309 e. The number of nitrogens with zero attached hydrogens (tertiary/aromatic N) is 3. The molecule has 2 bridgehead atoms. The molecule has 10 aliphatic rings. The topological polar surface area (TPSA) is 114 Å². The van der Waals surface area contributed by atoms with Crippen molar-refractivity contribution in [2.75, 3.05) is 6.61 Å². The maximum Gasteiger partial charge on any atom is 0.309 e. The summed E-state index contributed by atoms with van der Waals surface area (Å²) in [4.78, 5) is 25.5. The van der Waals surface area contributed by atoms with Gasteiger partial charge in [0.05, 0.1) is 30.0 Å². The SMILES string of the molecule is C=C(C)[C@@H]1CC[C@]2(C(=O)O)CC[C@]3(C)[C@H](CC[C@@H]4[C@@]5(C)Cc6nnn(CCOC7O[C@@H]8O[C@@]9(C)CC[C@H]%10[C@H](C)CC[C@@H]([C@H]7C)[C@@]8%10OO9)c6C(C)(C)[C@@H]5CC[C@]43C)[C@@H]12. The molecule has 4 aliphatic heterocycles. The largest absolute Gasteiger partial charge is 0.481 e. The standard InChI is InChI=1S/C47H71N3O7/c1-26(2)29-15-20-46(39(51)52)22-21-43(8)32(36(29)46)13-14-35-42(7)25-33-37(41(5,6)34(42)17-18-44(35,43)9)50(49-48-33)23-24-53-38-28(4)31-12-11-27(3)30-16-19-45(10)55-40(54-38)47(30,31)57-56-45/h27-32,34-36,38,40H,1,11-25H2,2-10H3,(H,51,52)/t27-,28-,29+,30+,31+,32-,34+,35-,36-,38?,40-,42+,43-,44-,45-,46+,47-/m1/s1. The first kappa shape index (κ1) is 39.3. The van der Waals surface area contributed by atoms with Crippen LogP contribution in [0.15, 0.2) is 12.2 Å². The third-order valence-corrected chi connectivity index (χ3v) is 20.3. The highest BCUT2D eigenvalue weighted by atomic mass is 17.3. The van der Waals surface area contributed by atoms with Crippen LogP contribution < -0.4 is 0 Å². The minimum atomic E-state index is -0.803. The molecule has 17 atom stereocenters. The van der Waals surface area contributed by atoms with E-state index in [4.69, 9.17) is 34.3 Å². The van der Waals surface area contributed by atoms with E-state index >= 15 is 0 Å². The molecule has 0 aromatic carbocycles. The van der Waals surface area contributed by atoms with Crippen LogP contribution in [-0.2, 0) is 47.2 Å². The van der Waals surface area contributed by atoms with E-state index in [2.05, 4.69) is 66.7 Å². The van der Waals surface area contributed by atoms with E-state index in [1.165, 1.54) is 30.5 Å². The van der Waals surface area contributed by atoms with Crippen molar-refractivity contribution in [1.29, 1.82) is 0 Å². The monoisotopic (exact) mass is 790 g/mol. The van der Waals surface area contributed by atoms with Crippen LogP contribution in [0.25, 0.3) is 0 Å². The summed E-state index contributed by atoms with van der Waals surface area (Å²) >= 11 is 0. The summed E-state index contributed by atoms with van der Waals surface area (Å²) in [5.41, 5.74) is 2.64. The second-order valence-corrected chi connectivity index (χ2v) is 22.8. The van der Waals surface area contributed by atoms with Gasteiger partial charge >= 0.3 is 5.97 Å². The highest BCUT2D eigenvalue weighted by Crippen LogP contribution is 2.77. The predicted octanol–water partition coefficient (Wildman–Crippen LogP) is 9.26. The Labute approximate surface area is 340 Å². The van der Waals surface area contributed by atoms with E-state index < -0.39 is 35.4 Å². The van der Waals surface area contributed by atoms with Gasteiger partial charge in [0.2, 0.25) is 5.79 Å². The Hall–Kier alpha value is -1.85. The molecule has 4 saturated heterocycles. The van der Waals surface area contributed by atoms with Crippen LogP contribution in [0.5, 0.6) is 0 Å². The normalized spacial score (nSPS) is 53.0. The van der Waals surface area contributed by atoms with Crippen molar-refractivity contribution >= 4 is 5.97 Å². The molecule has 11 rings (SSSR count). The molecule has 1 N–H and O–H groups in total. The minimum absolute atomic E-state index is 0.0802. The highest BCUT2D eigenvalue weighted by Gasteiger charge is 2.73. The lowest BCUT2D eigenvalue weighted by molar-refractivity contribution is -0.577. The fourth-order valence-corrected chi connectivity index (χ4v) is 17.5. The maximum atomic E-state index is 13.1. The van der Waals surface area contributed by atoms with Gasteiger partial charge in [0, 0.05) is 23.7 Å². The molecule has 9 fully saturated rings. The van der Waals surface area contributed by atoms with E-state index in [9.17, 15) is 9.90 Å². The molecule has 6 aliphatic carbocycles. The van der Waals surface area contributed by atoms with Crippen molar-refractivity contribution in [1.82, 2.24) is 15.0 Å². The zero-order valence-electron chi connectivity index (χ0n) is 36.4. The van der Waals surface area contributed by atoms with Crippen LogP contribution in [-0.4, -0.2) is 56.6 Å². The molecule has 1 unspecified atom stereocenters. The molecule has 10 heteroatoms. The van der Waals surface area contributed by atoms with Gasteiger partial charge in [-0.1, -0.05) is 65.8 Å². The number of hydrogen-bond acceptors (Lipinski definition) is 8. The molecule has 5 saturated carbocycles. The Morgan fingerprint density at radius 1 is 0.877 bits per heavy atom. The second kappa shape index (κ2) is 12.6. The molecular weight excluding hydrogens is 719 g/mol. The second-order valence-electron chi connectivity index (χ2n) is 22.8. The van der Waals surface area contributed by atoms with Crippen molar-refractivity contribution in [2.24, 2.45) is 74.9 Å². The van der Waals surface area contributed by atoms with Crippen molar-refractivity contribution < 1.29 is 33.9 Å². The lowest BCUT2D eigenvalue weighted by atomic mass is 9.32. The molecule has 5 heterocycles. The summed E-state index contributed by atoms with van der Waals surface area (Å²) in [5.74, 6) is 1.82. The van der Waals surface area contributed by atoms with Crippen molar-refractivity contribution in [3.8, 4) is 0 Å². The number of aromatic nitrogens is 3. The Morgan fingerprint density at radius 3 is 2.40 bits per heavy atom. The van der Waals surface area contributed by atoms with Gasteiger partial charge in [0.25, 0.3) is 0 Å². The summed E-state index contributed by atoms with van der Waals surface area (Å²) < 4.78 is 22.2. The Bertz CT molecular complexity index is 1830. The summed E-state index contributed by atoms with van der Waals surface area (Å²) in [7, 11) is 0. The summed E-state index contributed by atoms with van der Waals surface area (Å²) in [6.07, 6.45) is 12.3. The van der Waals surface area contributed by atoms with Crippen molar-refractivity contribution in [3.05, 3.63) is 23.5 Å². The summed E-state index contributed by atoms with van der Waals surface area (Å²) in [6, 6.07) is 0. The van der Waals surface area contributed by atoms with Gasteiger partial charge in [-0.2, -0.15) is 0 Å². The number of carbonyl (C=O) groups is 1. The first-order chi connectivity index (χ1) is 26.9. The molecule has 57 heavy (non-hydrogen) atoms. The van der Waals surface area contributed by atoms with Crippen LogP contribution >= 0.6 is 0 Å². The zero-order chi connectivity index (χ0) is 40.3. The first-order valence-corrected chi connectivity index (χ1v) is 23.0. The molecule has 1 aromatic rings. The van der Waals surface area contributed by atoms with Crippen LogP contribution in [0.2, 0.25) is 0 Å². The number of allylic oxidation sites excluding steroid dienone is 1. The van der Waals surface area contributed by atoms with Crippen LogP contribution in [0.1, 0.15) is 151 Å². The average molecular weight is 790 g/mol. The first-order valence-electron chi connectivity index (χ1n) is 23.0. The molecule has 1 spiro atoms. The van der Waals surface area contributed by atoms with Gasteiger partial charge < -0.3 is 19.3 Å². The van der Waals surface area contributed by atoms with Gasteiger partial charge in [-0.05, 0) is 149 Å². The van der Waals surface area contributed by atoms with Crippen LogP contribution in [0, 0.1) is 74.9 Å². The molecule has 10 nitrogen and oxygen atoms in total. The average Bonchev–Trinajstić information content (AvgIpc) is 3.67. The number of aliphatic carboxylic acids is 1. The van der Waals surface area contributed by atoms with Crippen molar-refractivity contribution in [2.45, 2.75) is 182 Å². The molecule has 316 valence electrons. The molecule has 1 aromatic heterocycles. The quantitative estimate of drug-likeness (QED) is 0.223. The number of carboxylic acid groups (broad SMARTS) is 1. The van der Waals surface area contributed by atoms with Gasteiger partial charge in [0.15, 0.2) is 18.2 Å². The fourth-order valence-electron chi connectivity index (χ4n) is 17.5. The Morgan fingerprint density at radius 2 is 1.65 bits per heavy atom. The summed E-state index contributed by atoms with van der Waals surface area (Å²) in [6.45, 7) is 27.0. The minimum Gasteiger partial charge on any atom is -0.481 e. The van der Waals surface area contributed by atoms with E-state index in [1.54, 1.807) is 0 Å². The Kier molecular flexibility index (Phi) is 8.69.